The summed E-state index contributed by atoms with van der Waals surface area (Å²) in [5.74, 6) is -0.264. The molecule has 0 aliphatic carbocycles. The first kappa shape index (κ1) is 16.5. The van der Waals surface area contributed by atoms with Crippen LogP contribution in [0.15, 0.2) is 55.0 Å². The summed E-state index contributed by atoms with van der Waals surface area (Å²) in [5, 5.41) is 4.42. The number of carbonyl (C=O) groups is 1. The van der Waals surface area contributed by atoms with Crippen molar-refractivity contribution in [3.05, 3.63) is 60.6 Å². The average Bonchev–Trinajstić information content (AvgIpc) is 3.08. The third-order valence-electron chi connectivity index (χ3n) is 5.33. The van der Waals surface area contributed by atoms with E-state index in [1.165, 1.54) is 0 Å². The number of fused-ring (bicyclic) bond motifs is 3. The SMILES string of the molecule is O=C(OC1C[C@H]2COC[C@@H](C1)N2)c1cn(-c2cccnc2)c2ccccc12. The Bertz CT molecular complexity index is 957. The number of hydrogen-bond donors (Lipinski definition) is 1. The van der Waals surface area contributed by atoms with Crippen LogP contribution in [0, 0.1) is 0 Å². The molecular formula is C21H21N3O3. The van der Waals surface area contributed by atoms with Crippen molar-refractivity contribution in [2.75, 3.05) is 13.2 Å². The zero-order chi connectivity index (χ0) is 18.2. The van der Waals surface area contributed by atoms with Crippen LogP contribution in [0.2, 0.25) is 0 Å². The molecule has 6 nitrogen and oxygen atoms in total. The third-order valence-corrected chi connectivity index (χ3v) is 5.33. The van der Waals surface area contributed by atoms with Gasteiger partial charge in [0.2, 0.25) is 0 Å². The molecule has 2 aromatic heterocycles. The normalized spacial score (nSPS) is 24.7. The van der Waals surface area contributed by atoms with E-state index in [1.54, 1.807) is 12.4 Å². The Morgan fingerprint density at radius 1 is 1.15 bits per heavy atom. The molecule has 2 aliphatic rings. The lowest BCUT2D eigenvalue weighted by Gasteiger charge is -2.39. The van der Waals surface area contributed by atoms with E-state index in [9.17, 15) is 4.79 Å². The number of piperidine rings is 1. The van der Waals surface area contributed by atoms with Crippen LogP contribution in [0.3, 0.4) is 0 Å². The summed E-state index contributed by atoms with van der Waals surface area (Å²) in [6.07, 6.45) is 6.90. The maximum atomic E-state index is 13.0. The molecule has 2 bridgehead atoms. The average molecular weight is 363 g/mol. The summed E-state index contributed by atoms with van der Waals surface area (Å²) in [6, 6.07) is 12.3. The number of morpholine rings is 1. The molecule has 2 aliphatic heterocycles. The van der Waals surface area contributed by atoms with Crippen molar-refractivity contribution < 1.29 is 14.3 Å². The van der Waals surface area contributed by atoms with Crippen molar-refractivity contribution in [2.45, 2.75) is 31.0 Å². The van der Waals surface area contributed by atoms with Crippen molar-refractivity contribution in [3.63, 3.8) is 0 Å². The van der Waals surface area contributed by atoms with E-state index in [2.05, 4.69) is 10.3 Å². The molecule has 4 heterocycles. The molecule has 0 amide bonds. The predicted octanol–water partition coefficient (Wildman–Crippen LogP) is 2.70. The summed E-state index contributed by atoms with van der Waals surface area (Å²) < 4.78 is 13.5. The second kappa shape index (κ2) is 6.79. The Labute approximate surface area is 157 Å². The Morgan fingerprint density at radius 2 is 1.96 bits per heavy atom. The van der Waals surface area contributed by atoms with Crippen molar-refractivity contribution in [1.82, 2.24) is 14.9 Å². The first-order chi connectivity index (χ1) is 13.3. The van der Waals surface area contributed by atoms with E-state index < -0.39 is 0 Å². The minimum atomic E-state index is -0.264. The first-order valence-electron chi connectivity index (χ1n) is 9.33. The number of hydrogen-bond acceptors (Lipinski definition) is 5. The van der Waals surface area contributed by atoms with Crippen LogP contribution >= 0.6 is 0 Å². The van der Waals surface area contributed by atoms with Gasteiger partial charge in [0.05, 0.1) is 36.2 Å². The number of para-hydroxylation sites is 1. The molecule has 1 unspecified atom stereocenters. The fourth-order valence-electron chi connectivity index (χ4n) is 4.15. The van der Waals surface area contributed by atoms with Crippen LogP contribution in [0.1, 0.15) is 23.2 Å². The van der Waals surface area contributed by atoms with Gasteiger partial charge >= 0.3 is 5.97 Å². The fraction of sp³-hybridized carbons (Fsp3) is 0.333. The molecule has 0 saturated carbocycles. The van der Waals surface area contributed by atoms with Gasteiger partial charge in [-0.3, -0.25) is 4.98 Å². The molecule has 0 radical (unpaired) electrons. The van der Waals surface area contributed by atoms with Gasteiger partial charge in [-0.1, -0.05) is 18.2 Å². The number of nitrogens with zero attached hydrogens (tertiary/aromatic N) is 2. The second-order valence-electron chi connectivity index (χ2n) is 7.24. The highest BCUT2D eigenvalue weighted by molar-refractivity contribution is 6.05. The maximum Gasteiger partial charge on any atom is 0.340 e. The molecule has 6 heteroatoms. The molecule has 27 heavy (non-hydrogen) atoms. The van der Waals surface area contributed by atoms with E-state index >= 15 is 0 Å². The topological polar surface area (TPSA) is 65.4 Å². The molecule has 3 aromatic rings. The number of benzene rings is 1. The van der Waals surface area contributed by atoms with E-state index in [-0.39, 0.29) is 24.2 Å². The lowest BCUT2D eigenvalue weighted by molar-refractivity contribution is -0.0339. The molecule has 2 saturated heterocycles. The summed E-state index contributed by atoms with van der Waals surface area (Å²) in [6.45, 7) is 1.37. The van der Waals surface area contributed by atoms with Gasteiger partial charge in [-0.15, -0.1) is 0 Å². The molecular weight excluding hydrogens is 342 g/mol. The molecule has 138 valence electrons. The lowest BCUT2D eigenvalue weighted by atomic mass is 9.94. The number of rotatable bonds is 3. The largest absolute Gasteiger partial charge is 0.459 e. The highest BCUT2D eigenvalue weighted by Gasteiger charge is 2.34. The monoisotopic (exact) mass is 363 g/mol. The lowest BCUT2D eigenvalue weighted by Crippen LogP contribution is -2.56. The van der Waals surface area contributed by atoms with Crippen molar-refractivity contribution >= 4 is 16.9 Å². The Morgan fingerprint density at radius 3 is 2.74 bits per heavy atom. The summed E-state index contributed by atoms with van der Waals surface area (Å²) in [5.41, 5.74) is 2.48. The standard InChI is InChI=1S/C21H21N3O3/c25-21(27-17-8-14-12-26-13-15(9-17)23-14)19-11-24(16-4-3-7-22-10-16)20-6-2-1-5-18(19)20/h1-7,10-11,14-15,17,23H,8-9,12-13H2/t14-,15+,17?. The van der Waals surface area contributed by atoms with Crippen LogP contribution in [0.25, 0.3) is 16.6 Å². The summed E-state index contributed by atoms with van der Waals surface area (Å²) in [4.78, 5) is 17.2. The van der Waals surface area contributed by atoms with Crippen LogP contribution in [-0.4, -0.2) is 46.9 Å². The van der Waals surface area contributed by atoms with Crippen LogP contribution in [0.4, 0.5) is 0 Å². The summed E-state index contributed by atoms with van der Waals surface area (Å²) >= 11 is 0. The maximum absolute atomic E-state index is 13.0. The quantitative estimate of drug-likeness (QED) is 0.725. The fourth-order valence-corrected chi connectivity index (χ4v) is 4.15. The highest BCUT2D eigenvalue weighted by Crippen LogP contribution is 2.27. The molecule has 2 fully saturated rings. The summed E-state index contributed by atoms with van der Waals surface area (Å²) in [7, 11) is 0. The van der Waals surface area contributed by atoms with Crippen molar-refractivity contribution in [1.29, 1.82) is 0 Å². The van der Waals surface area contributed by atoms with Crippen molar-refractivity contribution in [2.24, 2.45) is 0 Å². The molecule has 5 rings (SSSR count). The number of esters is 1. The molecule has 1 aromatic carbocycles. The Hall–Kier alpha value is -2.70. The smallest absolute Gasteiger partial charge is 0.340 e. The molecule has 3 atom stereocenters. The predicted molar refractivity (Wildman–Crippen MR) is 101 cm³/mol. The van der Waals surface area contributed by atoms with E-state index in [0.717, 1.165) is 29.4 Å². The highest BCUT2D eigenvalue weighted by atomic mass is 16.5. The van der Waals surface area contributed by atoms with Gasteiger partial charge in [0.1, 0.15) is 6.10 Å². The Kier molecular flexibility index (Phi) is 4.14. The number of aromatic nitrogens is 2. The molecule has 0 spiro atoms. The van der Waals surface area contributed by atoms with Gasteiger partial charge in [-0.25, -0.2) is 4.79 Å². The molecule has 1 N–H and O–H groups in total. The third kappa shape index (κ3) is 3.11. The Balaban J connectivity index is 1.45. The zero-order valence-corrected chi connectivity index (χ0v) is 14.9. The van der Waals surface area contributed by atoms with Gasteiger partial charge in [-0.05, 0) is 18.2 Å². The number of ether oxygens (including phenoxy) is 2. The zero-order valence-electron chi connectivity index (χ0n) is 14.9. The van der Waals surface area contributed by atoms with Gasteiger partial charge in [0, 0.05) is 42.7 Å². The van der Waals surface area contributed by atoms with E-state index in [4.69, 9.17) is 9.47 Å². The van der Waals surface area contributed by atoms with E-state index in [0.29, 0.717) is 18.8 Å². The number of carbonyl (C=O) groups excluding carboxylic acids is 1. The second-order valence-corrected chi connectivity index (χ2v) is 7.24. The van der Waals surface area contributed by atoms with E-state index in [1.807, 2.05) is 47.2 Å². The van der Waals surface area contributed by atoms with Crippen LogP contribution in [0.5, 0.6) is 0 Å². The van der Waals surface area contributed by atoms with Gasteiger partial charge in [-0.2, -0.15) is 0 Å². The van der Waals surface area contributed by atoms with Crippen LogP contribution in [-0.2, 0) is 9.47 Å². The number of nitrogens with one attached hydrogen (secondary N) is 1. The number of pyridine rings is 1. The minimum absolute atomic E-state index is 0.0712. The van der Waals surface area contributed by atoms with Crippen LogP contribution < -0.4 is 5.32 Å². The van der Waals surface area contributed by atoms with Gasteiger partial charge < -0.3 is 19.4 Å². The minimum Gasteiger partial charge on any atom is -0.459 e. The van der Waals surface area contributed by atoms with Crippen molar-refractivity contribution in [3.8, 4) is 5.69 Å². The van der Waals surface area contributed by atoms with Gasteiger partial charge in [0.25, 0.3) is 0 Å². The first-order valence-corrected chi connectivity index (χ1v) is 9.33. The van der Waals surface area contributed by atoms with Gasteiger partial charge in [0.15, 0.2) is 0 Å².